The Morgan fingerprint density at radius 2 is 1.68 bits per heavy atom. The van der Waals surface area contributed by atoms with Gasteiger partial charge in [0.2, 0.25) is 0 Å². The quantitative estimate of drug-likeness (QED) is 0.536. The summed E-state index contributed by atoms with van der Waals surface area (Å²) in [5.41, 5.74) is 6.21. The molecule has 1 aromatic heterocycles. The van der Waals surface area contributed by atoms with E-state index in [-0.39, 0.29) is 6.04 Å². The molecule has 1 atom stereocenters. The summed E-state index contributed by atoms with van der Waals surface area (Å²) in [7, 11) is 6.79. The van der Waals surface area contributed by atoms with Crippen LogP contribution in [0.2, 0.25) is 0 Å². The molecule has 0 fully saturated rings. The van der Waals surface area contributed by atoms with Crippen LogP contribution in [0.5, 0.6) is 23.0 Å². The van der Waals surface area contributed by atoms with Crippen molar-refractivity contribution in [1.29, 1.82) is 0 Å². The first-order valence-electron chi connectivity index (χ1n) is 10.5. The number of methoxy groups -OCH3 is 4. The summed E-state index contributed by atoms with van der Waals surface area (Å²) in [6.45, 7) is 1.98. The van der Waals surface area contributed by atoms with E-state index in [1.54, 1.807) is 28.4 Å². The average molecular weight is 438 g/mol. The zero-order valence-electron chi connectivity index (χ0n) is 18.4. The van der Waals surface area contributed by atoms with Gasteiger partial charge in [0.1, 0.15) is 0 Å². The SMILES string of the molecule is COc1cc2c(cc1OC)-c1c(OC)c(OC)cc3c1C(C2)N(Cc1cccs1)CC3. The van der Waals surface area contributed by atoms with Gasteiger partial charge in [-0.1, -0.05) is 6.07 Å². The Bertz CT molecular complexity index is 1110. The van der Waals surface area contributed by atoms with Gasteiger partial charge in [0.05, 0.1) is 28.4 Å². The molecule has 5 rings (SSSR count). The van der Waals surface area contributed by atoms with E-state index in [9.17, 15) is 0 Å². The first kappa shape index (κ1) is 20.2. The summed E-state index contributed by atoms with van der Waals surface area (Å²) in [4.78, 5) is 3.99. The maximum absolute atomic E-state index is 5.92. The Balaban J connectivity index is 1.73. The molecule has 0 saturated heterocycles. The summed E-state index contributed by atoms with van der Waals surface area (Å²) < 4.78 is 22.9. The van der Waals surface area contributed by atoms with Crippen molar-refractivity contribution in [2.45, 2.75) is 25.4 Å². The highest BCUT2D eigenvalue weighted by Crippen LogP contribution is 2.54. The van der Waals surface area contributed by atoms with Gasteiger partial charge >= 0.3 is 0 Å². The molecule has 6 heteroatoms. The zero-order chi connectivity index (χ0) is 21.5. The number of benzene rings is 2. The maximum Gasteiger partial charge on any atom is 0.168 e. The van der Waals surface area contributed by atoms with Crippen molar-refractivity contribution in [3.8, 4) is 34.1 Å². The molecule has 0 saturated carbocycles. The fourth-order valence-corrected chi connectivity index (χ4v) is 5.80. The molecule has 31 heavy (non-hydrogen) atoms. The molecule has 2 aliphatic rings. The summed E-state index contributed by atoms with van der Waals surface area (Å²) in [5.74, 6) is 3.05. The number of hydrogen-bond donors (Lipinski definition) is 0. The minimum Gasteiger partial charge on any atom is -0.493 e. The number of fused-ring (bicyclic) bond motifs is 2. The highest BCUT2D eigenvalue weighted by atomic mass is 32.1. The molecule has 0 N–H and O–H groups in total. The second-order valence-corrected chi connectivity index (χ2v) is 8.98. The number of hydrogen-bond acceptors (Lipinski definition) is 6. The van der Waals surface area contributed by atoms with Crippen LogP contribution in [0, 0.1) is 0 Å². The van der Waals surface area contributed by atoms with Crippen LogP contribution in [0.25, 0.3) is 11.1 Å². The number of rotatable bonds is 6. The normalized spacial score (nSPS) is 17.0. The van der Waals surface area contributed by atoms with Crippen molar-refractivity contribution in [3.05, 3.63) is 57.3 Å². The first-order chi connectivity index (χ1) is 15.2. The van der Waals surface area contributed by atoms with Gasteiger partial charge in [-0.15, -0.1) is 11.3 Å². The first-order valence-corrected chi connectivity index (χ1v) is 11.4. The Morgan fingerprint density at radius 3 is 2.35 bits per heavy atom. The van der Waals surface area contributed by atoms with Gasteiger partial charge in [-0.25, -0.2) is 0 Å². The van der Waals surface area contributed by atoms with Gasteiger partial charge < -0.3 is 18.9 Å². The van der Waals surface area contributed by atoms with Crippen molar-refractivity contribution in [1.82, 2.24) is 4.90 Å². The molecular weight excluding hydrogens is 410 g/mol. The van der Waals surface area contributed by atoms with E-state index in [4.69, 9.17) is 18.9 Å². The smallest absolute Gasteiger partial charge is 0.168 e. The van der Waals surface area contributed by atoms with Gasteiger partial charge in [-0.05, 0) is 64.7 Å². The predicted molar refractivity (Wildman–Crippen MR) is 123 cm³/mol. The van der Waals surface area contributed by atoms with Crippen molar-refractivity contribution in [2.24, 2.45) is 0 Å². The molecule has 3 aromatic rings. The van der Waals surface area contributed by atoms with E-state index in [1.165, 1.54) is 21.6 Å². The van der Waals surface area contributed by atoms with E-state index in [1.807, 2.05) is 11.3 Å². The van der Waals surface area contributed by atoms with Crippen LogP contribution in [0.3, 0.4) is 0 Å². The second-order valence-electron chi connectivity index (χ2n) is 7.94. The molecule has 162 valence electrons. The molecular formula is C25H27NO4S. The van der Waals surface area contributed by atoms with Gasteiger partial charge in [0, 0.05) is 29.6 Å². The predicted octanol–water partition coefficient (Wildman–Crippen LogP) is 5.11. The molecule has 0 radical (unpaired) electrons. The van der Waals surface area contributed by atoms with E-state index in [0.717, 1.165) is 60.1 Å². The van der Waals surface area contributed by atoms with Crippen molar-refractivity contribution < 1.29 is 18.9 Å². The lowest BCUT2D eigenvalue weighted by molar-refractivity contribution is 0.174. The third-order valence-electron chi connectivity index (χ3n) is 6.47. The zero-order valence-corrected chi connectivity index (χ0v) is 19.2. The lowest BCUT2D eigenvalue weighted by atomic mass is 9.76. The molecule has 2 heterocycles. The molecule has 0 spiro atoms. The maximum atomic E-state index is 5.92. The van der Waals surface area contributed by atoms with Gasteiger partial charge in [0.25, 0.3) is 0 Å². The molecule has 0 bridgehead atoms. The topological polar surface area (TPSA) is 40.2 Å². The van der Waals surface area contributed by atoms with E-state index in [0.29, 0.717) is 0 Å². The van der Waals surface area contributed by atoms with Crippen molar-refractivity contribution in [3.63, 3.8) is 0 Å². The standard InChI is InChI=1S/C25H27NO4S/c1-27-20-12-16-10-19-23-15(7-8-26(19)14-17-6-5-9-31-17)11-22(29-3)25(30-4)24(23)18(16)13-21(20)28-2/h5-6,9,11-13,19H,7-8,10,14H2,1-4H3. The van der Waals surface area contributed by atoms with Crippen LogP contribution in [0.15, 0.2) is 35.7 Å². The molecule has 1 aliphatic carbocycles. The summed E-state index contributed by atoms with van der Waals surface area (Å²) in [6, 6.07) is 11.0. The third-order valence-corrected chi connectivity index (χ3v) is 7.33. The van der Waals surface area contributed by atoms with E-state index in [2.05, 4.69) is 40.6 Å². The number of ether oxygens (including phenoxy) is 4. The van der Waals surface area contributed by atoms with Crippen molar-refractivity contribution in [2.75, 3.05) is 35.0 Å². The van der Waals surface area contributed by atoms with Gasteiger partial charge in [-0.3, -0.25) is 4.90 Å². The van der Waals surface area contributed by atoms with Crippen LogP contribution in [-0.2, 0) is 19.4 Å². The Hall–Kier alpha value is -2.70. The van der Waals surface area contributed by atoms with Gasteiger partial charge in [-0.2, -0.15) is 0 Å². The Labute approximate surface area is 187 Å². The van der Waals surface area contributed by atoms with Crippen molar-refractivity contribution >= 4 is 11.3 Å². The van der Waals surface area contributed by atoms with Crippen LogP contribution in [0.4, 0.5) is 0 Å². The van der Waals surface area contributed by atoms with E-state index >= 15 is 0 Å². The van der Waals surface area contributed by atoms with Crippen LogP contribution in [0.1, 0.15) is 27.6 Å². The fourth-order valence-electron chi connectivity index (χ4n) is 5.07. The van der Waals surface area contributed by atoms with Crippen LogP contribution < -0.4 is 18.9 Å². The lowest BCUT2D eigenvalue weighted by Gasteiger charge is -2.42. The molecule has 2 aromatic carbocycles. The van der Waals surface area contributed by atoms with Gasteiger partial charge in [0.15, 0.2) is 23.0 Å². The molecule has 1 unspecified atom stereocenters. The van der Waals surface area contributed by atoms with E-state index < -0.39 is 0 Å². The molecule has 1 aliphatic heterocycles. The number of thiophene rings is 1. The minimum atomic E-state index is 0.284. The lowest BCUT2D eigenvalue weighted by Crippen LogP contribution is -2.38. The summed E-state index contributed by atoms with van der Waals surface area (Å²) in [6.07, 6.45) is 1.92. The molecule has 0 amide bonds. The fraction of sp³-hybridized carbons (Fsp3) is 0.360. The highest BCUT2D eigenvalue weighted by Gasteiger charge is 2.38. The van der Waals surface area contributed by atoms with Crippen LogP contribution >= 0.6 is 11.3 Å². The minimum absolute atomic E-state index is 0.284. The molecule has 5 nitrogen and oxygen atoms in total. The number of nitrogens with zero attached hydrogens (tertiary/aromatic N) is 1. The van der Waals surface area contributed by atoms with Crippen LogP contribution in [-0.4, -0.2) is 39.9 Å². The average Bonchev–Trinajstić information content (AvgIpc) is 3.32. The summed E-state index contributed by atoms with van der Waals surface area (Å²) >= 11 is 1.82. The summed E-state index contributed by atoms with van der Waals surface area (Å²) in [5, 5.41) is 2.15. The second kappa shape index (κ2) is 8.09. The largest absolute Gasteiger partial charge is 0.493 e. The Kier molecular flexibility index (Phi) is 5.28. The highest BCUT2D eigenvalue weighted by molar-refractivity contribution is 7.09. The third kappa shape index (κ3) is 3.25. The Morgan fingerprint density at radius 1 is 0.935 bits per heavy atom. The monoisotopic (exact) mass is 437 g/mol.